The van der Waals surface area contributed by atoms with Crippen molar-refractivity contribution in [3.05, 3.63) is 66.2 Å². The van der Waals surface area contributed by atoms with Crippen molar-refractivity contribution in [3.63, 3.8) is 0 Å². The highest BCUT2D eigenvalue weighted by Gasteiger charge is 2.12. The van der Waals surface area contributed by atoms with Crippen LogP contribution in [0.3, 0.4) is 0 Å². The van der Waals surface area contributed by atoms with Crippen LogP contribution >= 0.6 is 0 Å². The third-order valence-corrected chi connectivity index (χ3v) is 4.77. The number of anilines is 2. The van der Waals surface area contributed by atoms with Crippen LogP contribution in [0.25, 0.3) is 5.65 Å². The number of aryl methyl sites for hydroxylation is 1. The first kappa shape index (κ1) is 21.0. The largest absolute Gasteiger partial charge is 0.493 e. The lowest BCUT2D eigenvalue weighted by Crippen LogP contribution is -2.14. The second-order valence-electron chi connectivity index (χ2n) is 6.94. The minimum atomic E-state index is -0.153. The molecule has 0 saturated heterocycles. The molecule has 4 aromatic rings. The number of hydrogen-bond donors (Lipinski definition) is 2. The van der Waals surface area contributed by atoms with Gasteiger partial charge in [-0.1, -0.05) is 6.07 Å². The van der Waals surface area contributed by atoms with E-state index in [1.807, 2.05) is 24.3 Å². The van der Waals surface area contributed by atoms with Gasteiger partial charge in [-0.3, -0.25) is 9.78 Å². The maximum atomic E-state index is 12.4. The smallest absolute Gasteiger partial charge is 0.224 e. The average Bonchev–Trinajstić information content (AvgIpc) is 3.24. The van der Waals surface area contributed by atoms with Crippen molar-refractivity contribution >= 4 is 23.1 Å². The normalized spacial score (nSPS) is 10.7. The molecule has 0 aliphatic rings. The first-order valence-electron chi connectivity index (χ1n) is 10.0. The van der Waals surface area contributed by atoms with Gasteiger partial charge in [0.25, 0.3) is 0 Å². The molecule has 4 rings (SSSR count). The molecule has 3 aromatic heterocycles. The summed E-state index contributed by atoms with van der Waals surface area (Å²) in [6.07, 6.45) is 4.15. The van der Waals surface area contributed by atoms with E-state index in [2.05, 4.69) is 30.9 Å². The van der Waals surface area contributed by atoms with Crippen molar-refractivity contribution in [1.29, 1.82) is 0 Å². The molecule has 0 fully saturated rings. The predicted octanol–water partition coefficient (Wildman–Crippen LogP) is 2.72. The molecular formula is C22H23N7O3. The first-order valence-corrected chi connectivity index (χ1v) is 10.0. The third kappa shape index (κ3) is 4.91. The van der Waals surface area contributed by atoms with Gasteiger partial charge in [-0.15, -0.1) is 15.3 Å². The molecule has 2 N–H and O–H groups in total. The lowest BCUT2D eigenvalue weighted by atomic mass is 10.2. The Labute approximate surface area is 184 Å². The molecule has 0 aliphatic carbocycles. The van der Waals surface area contributed by atoms with Crippen LogP contribution in [0.1, 0.15) is 17.8 Å². The monoisotopic (exact) mass is 433 g/mol. The van der Waals surface area contributed by atoms with Gasteiger partial charge in [0.1, 0.15) is 5.82 Å². The maximum Gasteiger partial charge on any atom is 0.224 e. The number of carbonyl (C=O) groups is 1. The fourth-order valence-electron chi connectivity index (χ4n) is 3.14. The molecule has 164 valence electrons. The molecule has 10 nitrogen and oxygen atoms in total. The summed E-state index contributed by atoms with van der Waals surface area (Å²) in [6.45, 7) is 0.595. The molecule has 0 unspecified atom stereocenters. The molecule has 0 spiro atoms. The lowest BCUT2D eigenvalue weighted by Gasteiger charge is -2.10. The van der Waals surface area contributed by atoms with Gasteiger partial charge in [-0.05, 0) is 35.9 Å². The summed E-state index contributed by atoms with van der Waals surface area (Å²) in [6, 6.07) is 12.8. The molecule has 1 amide bonds. The van der Waals surface area contributed by atoms with Crippen molar-refractivity contribution in [3.8, 4) is 11.5 Å². The number of carbonyl (C=O) groups excluding carboxylic acids is 1. The average molecular weight is 433 g/mol. The number of benzene rings is 1. The zero-order chi connectivity index (χ0) is 22.3. The Balaban J connectivity index is 1.39. The molecular weight excluding hydrogens is 410 g/mol. The summed E-state index contributed by atoms with van der Waals surface area (Å²) >= 11 is 0. The van der Waals surface area contributed by atoms with Crippen LogP contribution in [0, 0.1) is 0 Å². The summed E-state index contributed by atoms with van der Waals surface area (Å²) in [5.41, 5.74) is 2.29. The van der Waals surface area contributed by atoms with Gasteiger partial charge < -0.3 is 20.1 Å². The number of fused-ring (bicyclic) bond motifs is 1. The van der Waals surface area contributed by atoms with Gasteiger partial charge >= 0.3 is 0 Å². The highest BCUT2D eigenvalue weighted by molar-refractivity contribution is 5.91. The zero-order valence-corrected chi connectivity index (χ0v) is 17.8. The van der Waals surface area contributed by atoms with Gasteiger partial charge in [-0.2, -0.15) is 4.52 Å². The Morgan fingerprint density at radius 1 is 1.06 bits per heavy atom. The fraction of sp³-hybridized carbons (Fsp3) is 0.227. The summed E-state index contributed by atoms with van der Waals surface area (Å²) in [5, 5.41) is 19.0. The number of ether oxygens (including phenoxy) is 2. The molecule has 0 bridgehead atoms. The molecule has 0 aliphatic heterocycles. The summed E-state index contributed by atoms with van der Waals surface area (Å²) in [7, 11) is 3.11. The van der Waals surface area contributed by atoms with E-state index >= 15 is 0 Å². The Kier molecular flexibility index (Phi) is 6.40. The SMILES string of the molecule is COc1ccc(NC(=O)CCc2nnc3ccc(NCc4cccnc4)nn23)cc1OC. The van der Waals surface area contributed by atoms with E-state index < -0.39 is 0 Å². The number of methoxy groups -OCH3 is 2. The highest BCUT2D eigenvalue weighted by atomic mass is 16.5. The number of nitrogens with one attached hydrogen (secondary N) is 2. The maximum absolute atomic E-state index is 12.4. The van der Waals surface area contributed by atoms with Crippen LogP contribution in [0.2, 0.25) is 0 Å². The fourth-order valence-corrected chi connectivity index (χ4v) is 3.14. The van der Waals surface area contributed by atoms with E-state index in [0.717, 1.165) is 5.56 Å². The molecule has 0 atom stereocenters. The minimum absolute atomic E-state index is 0.153. The van der Waals surface area contributed by atoms with Crippen LogP contribution in [-0.4, -0.2) is 44.9 Å². The van der Waals surface area contributed by atoms with Crippen LogP contribution in [0.4, 0.5) is 11.5 Å². The number of pyridine rings is 1. The molecule has 0 radical (unpaired) electrons. The van der Waals surface area contributed by atoms with Crippen LogP contribution in [0.15, 0.2) is 54.9 Å². The van der Waals surface area contributed by atoms with E-state index in [0.29, 0.717) is 47.4 Å². The van der Waals surface area contributed by atoms with E-state index in [1.165, 1.54) is 0 Å². The van der Waals surface area contributed by atoms with E-state index in [-0.39, 0.29) is 12.3 Å². The number of rotatable bonds is 9. The quantitative estimate of drug-likeness (QED) is 0.414. The minimum Gasteiger partial charge on any atom is -0.493 e. The van der Waals surface area contributed by atoms with E-state index in [4.69, 9.17) is 9.47 Å². The molecule has 32 heavy (non-hydrogen) atoms. The number of hydrogen-bond acceptors (Lipinski definition) is 8. The molecule has 3 heterocycles. The third-order valence-electron chi connectivity index (χ3n) is 4.77. The predicted molar refractivity (Wildman–Crippen MR) is 119 cm³/mol. The highest BCUT2D eigenvalue weighted by Crippen LogP contribution is 2.29. The number of nitrogens with zero attached hydrogens (tertiary/aromatic N) is 5. The standard InChI is InChI=1S/C22H23N7O3/c1-31-17-6-5-16(12-18(17)32-2)25-22(30)10-9-21-27-26-20-8-7-19(28-29(20)21)24-14-15-4-3-11-23-13-15/h3-8,11-13H,9-10,14H2,1-2H3,(H,24,28)(H,25,30). The van der Waals surface area contributed by atoms with E-state index in [1.54, 1.807) is 49.3 Å². The summed E-state index contributed by atoms with van der Waals surface area (Å²) < 4.78 is 12.1. The van der Waals surface area contributed by atoms with E-state index in [9.17, 15) is 4.79 Å². The van der Waals surface area contributed by atoms with Crippen molar-refractivity contribution in [2.24, 2.45) is 0 Å². The van der Waals surface area contributed by atoms with Crippen LogP contribution in [-0.2, 0) is 17.8 Å². The Bertz CT molecular complexity index is 1210. The van der Waals surface area contributed by atoms with Gasteiger partial charge in [0.05, 0.1) is 14.2 Å². The van der Waals surface area contributed by atoms with Gasteiger partial charge in [-0.25, -0.2) is 0 Å². The summed E-state index contributed by atoms with van der Waals surface area (Å²) in [4.78, 5) is 16.5. The Morgan fingerprint density at radius 2 is 1.94 bits per heavy atom. The van der Waals surface area contributed by atoms with Crippen molar-refractivity contribution < 1.29 is 14.3 Å². The number of amides is 1. The molecule has 0 saturated carbocycles. The summed E-state index contributed by atoms with van der Waals surface area (Å²) in [5.74, 6) is 2.27. The lowest BCUT2D eigenvalue weighted by molar-refractivity contribution is -0.116. The van der Waals surface area contributed by atoms with Crippen molar-refractivity contribution in [2.45, 2.75) is 19.4 Å². The van der Waals surface area contributed by atoms with Crippen molar-refractivity contribution in [2.75, 3.05) is 24.9 Å². The van der Waals surface area contributed by atoms with Crippen molar-refractivity contribution in [1.82, 2.24) is 24.8 Å². The first-order chi connectivity index (χ1) is 15.7. The van der Waals surface area contributed by atoms with Gasteiger partial charge in [0.2, 0.25) is 5.91 Å². The second kappa shape index (κ2) is 9.73. The van der Waals surface area contributed by atoms with Gasteiger partial charge in [0.15, 0.2) is 23.0 Å². The molecule has 10 heteroatoms. The van der Waals surface area contributed by atoms with Crippen LogP contribution < -0.4 is 20.1 Å². The van der Waals surface area contributed by atoms with Crippen LogP contribution in [0.5, 0.6) is 11.5 Å². The molecule has 1 aromatic carbocycles. The Hall–Kier alpha value is -4.21. The Morgan fingerprint density at radius 3 is 2.72 bits per heavy atom. The topological polar surface area (TPSA) is 116 Å². The zero-order valence-electron chi connectivity index (χ0n) is 17.8. The van der Waals surface area contributed by atoms with Gasteiger partial charge in [0, 0.05) is 43.5 Å². The second-order valence-corrected chi connectivity index (χ2v) is 6.94. The number of aromatic nitrogens is 5.